The molecule has 2 rings (SSSR count). The van der Waals surface area contributed by atoms with Gasteiger partial charge in [-0.15, -0.1) is 0 Å². The van der Waals surface area contributed by atoms with Gasteiger partial charge < -0.3 is 16.0 Å². The number of carbonyl (C=O) groups is 1. The molecule has 0 aliphatic carbocycles. The van der Waals surface area contributed by atoms with Crippen LogP contribution in [0.2, 0.25) is 0 Å². The monoisotopic (exact) mass is 316 g/mol. The molecule has 1 aliphatic heterocycles. The van der Waals surface area contributed by atoms with E-state index in [0.29, 0.717) is 18.4 Å². The summed E-state index contributed by atoms with van der Waals surface area (Å²) in [4.78, 5) is 18.3. The quantitative estimate of drug-likeness (QED) is 0.663. The van der Waals surface area contributed by atoms with Crippen LogP contribution in [0.3, 0.4) is 0 Å². The van der Waals surface area contributed by atoms with Crippen LogP contribution < -0.4 is 11.1 Å². The van der Waals surface area contributed by atoms with Crippen LogP contribution >= 0.6 is 0 Å². The molecule has 5 heteroatoms. The molecule has 1 saturated heterocycles. The second-order valence-electron chi connectivity index (χ2n) is 6.71. The highest BCUT2D eigenvalue weighted by Crippen LogP contribution is 2.15. The smallest absolute Gasteiger partial charge is 0.226 e. The minimum Gasteiger partial charge on any atom is -0.370 e. The Bertz CT molecular complexity index is 551. The van der Waals surface area contributed by atoms with Gasteiger partial charge in [-0.2, -0.15) is 0 Å². The summed E-state index contributed by atoms with van der Waals surface area (Å²) in [5.74, 6) is 1.32. The third kappa shape index (κ3) is 5.27. The van der Waals surface area contributed by atoms with Crippen molar-refractivity contribution in [2.45, 2.75) is 40.2 Å². The van der Waals surface area contributed by atoms with Crippen LogP contribution in [0.5, 0.6) is 0 Å². The van der Waals surface area contributed by atoms with Crippen LogP contribution in [0, 0.1) is 11.8 Å². The largest absolute Gasteiger partial charge is 0.370 e. The third-order valence-electron chi connectivity index (χ3n) is 4.15. The Morgan fingerprint density at radius 1 is 1.39 bits per heavy atom. The second kappa shape index (κ2) is 7.99. The minimum atomic E-state index is -0.0222. The van der Waals surface area contributed by atoms with Gasteiger partial charge in [0.2, 0.25) is 5.91 Å². The van der Waals surface area contributed by atoms with Crippen molar-refractivity contribution < 1.29 is 4.79 Å². The molecule has 1 heterocycles. The Hall–Kier alpha value is -2.04. The Balaban J connectivity index is 1.90. The summed E-state index contributed by atoms with van der Waals surface area (Å²) in [6.45, 7) is 8.57. The van der Waals surface area contributed by atoms with Gasteiger partial charge in [-0.05, 0) is 36.5 Å². The number of rotatable bonds is 4. The lowest BCUT2D eigenvalue weighted by molar-refractivity contribution is -0.118. The molecule has 0 radical (unpaired) electrons. The first-order chi connectivity index (χ1) is 11.0. The Labute approximate surface area is 139 Å². The maximum Gasteiger partial charge on any atom is 0.226 e. The van der Waals surface area contributed by atoms with Gasteiger partial charge in [-0.1, -0.05) is 32.9 Å². The Morgan fingerprint density at radius 2 is 2.09 bits per heavy atom. The number of likely N-dealkylation sites (tertiary alicyclic amines) is 1. The number of nitrogens with one attached hydrogen (secondary N) is 1. The first-order valence-corrected chi connectivity index (χ1v) is 8.40. The number of carbonyl (C=O) groups excluding carboxylic acids is 1. The van der Waals surface area contributed by atoms with Crippen LogP contribution in [0.15, 0.2) is 29.3 Å². The summed E-state index contributed by atoms with van der Waals surface area (Å²) >= 11 is 0. The number of guanidine groups is 1. The lowest BCUT2D eigenvalue weighted by Crippen LogP contribution is -2.43. The Morgan fingerprint density at radius 3 is 2.70 bits per heavy atom. The van der Waals surface area contributed by atoms with Crippen LogP contribution in [0.4, 0.5) is 5.69 Å². The summed E-state index contributed by atoms with van der Waals surface area (Å²) in [5, 5.41) is 2.88. The SMILES string of the molecule is CC1CCCN(C(N)=NCc2ccc(NC(=O)C(C)C)cc2)C1. The summed E-state index contributed by atoms with van der Waals surface area (Å²) < 4.78 is 0. The average molecular weight is 316 g/mol. The van der Waals surface area contributed by atoms with E-state index in [1.165, 1.54) is 12.8 Å². The van der Waals surface area contributed by atoms with Gasteiger partial charge in [0.15, 0.2) is 5.96 Å². The molecule has 1 amide bonds. The first-order valence-electron chi connectivity index (χ1n) is 8.40. The maximum atomic E-state index is 11.7. The number of nitrogens with two attached hydrogens (primary N) is 1. The molecule has 5 nitrogen and oxygen atoms in total. The normalized spacial score (nSPS) is 19.0. The number of hydrogen-bond donors (Lipinski definition) is 2. The molecular weight excluding hydrogens is 288 g/mol. The number of benzene rings is 1. The number of aliphatic imine (C=N–C) groups is 1. The summed E-state index contributed by atoms with van der Waals surface area (Å²) in [7, 11) is 0. The summed E-state index contributed by atoms with van der Waals surface area (Å²) in [6.07, 6.45) is 2.45. The molecule has 0 spiro atoms. The van der Waals surface area contributed by atoms with Crippen molar-refractivity contribution in [3.05, 3.63) is 29.8 Å². The molecule has 1 fully saturated rings. The predicted molar refractivity (Wildman–Crippen MR) is 95.2 cm³/mol. The average Bonchev–Trinajstić information content (AvgIpc) is 2.53. The first kappa shape index (κ1) is 17.3. The van der Waals surface area contributed by atoms with Crippen LogP contribution in [0.25, 0.3) is 0 Å². The topological polar surface area (TPSA) is 70.7 Å². The summed E-state index contributed by atoms with van der Waals surface area (Å²) in [5.41, 5.74) is 8.00. The summed E-state index contributed by atoms with van der Waals surface area (Å²) in [6, 6.07) is 7.77. The molecule has 1 aromatic carbocycles. The minimum absolute atomic E-state index is 0.0222. The fourth-order valence-corrected chi connectivity index (χ4v) is 2.65. The van der Waals surface area contributed by atoms with Gasteiger partial charge in [0.25, 0.3) is 0 Å². The van der Waals surface area contributed by atoms with Crippen molar-refractivity contribution in [2.24, 2.45) is 22.6 Å². The zero-order chi connectivity index (χ0) is 16.8. The zero-order valence-corrected chi connectivity index (χ0v) is 14.4. The van der Waals surface area contributed by atoms with Crippen LogP contribution in [-0.4, -0.2) is 29.9 Å². The molecule has 0 bridgehead atoms. The van der Waals surface area contributed by atoms with Crippen molar-refractivity contribution in [3.63, 3.8) is 0 Å². The van der Waals surface area contributed by atoms with E-state index in [1.54, 1.807) is 0 Å². The maximum absolute atomic E-state index is 11.7. The van der Waals surface area contributed by atoms with E-state index < -0.39 is 0 Å². The standard InChI is InChI=1S/C18H28N4O/c1-13(2)17(23)21-16-8-6-15(7-9-16)11-20-18(19)22-10-4-5-14(3)12-22/h6-9,13-14H,4-5,10-12H2,1-3H3,(H2,19,20)(H,21,23). The molecule has 1 atom stereocenters. The number of amides is 1. The zero-order valence-electron chi connectivity index (χ0n) is 14.4. The highest BCUT2D eigenvalue weighted by molar-refractivity contribution is 5.92. The molecule has 1 unspecified atom stereocenters. The number of piperidine rings is 1. The predicted octanol–water partition coefficient (Wildman–Crippen LogP) is 2.83. The van der Waals surface area contributed by atoms with Gasteiger partial charge in [0.1, 0.15) is 0 Å². The molecule has 1 aliphatic rings. The molecule has 0 aromatic heterocycles. The van der Waals surface area contributed by atoms with Gasteiger partial charge in [0, 0.05) is 24.7 Å². The van der Waals surface area contributed by atoms with Gasteiger partial charge in [-0.3, -0.25) is 4.79 Å². The van der Waals surface area contributed by atoms with Crippen molar-refractivity contribution in [2.75, 3.05) is 18.4 Å². The van der Waals surface area contributed by atoms with E-state index in [9.17, 15) is 4.79 Å². The number of nitrogens with zero attached hydrogens (tertiary/aromatic N) is 2. The number of anilines is 1. The van der Waals surface area contributed by atoms with Gasteiger partial charge >= 0.3 is 0 Å². The Kier molecular flexibility index (Phi) is 6.02. The second-order valence-corrected chi connectivity index (χ2v) is 6.71. The van der Waals surface area contributed by atoms with Gasteiger partial charge in [0.05, 0.1) is 6.54 Å². The highest BCUT2D eigenvalue weighted by Gasteiger charge is 2.17. The van der Waals surface area contributed by atoms with Gasteiger partial charge in [-0.25, -0.2) is 4.99 Å². The lowest BCUT2D eigenvalue weighted by atomic mass is 10.0. The van der Waals surface area contributed by atoms with Crippen molar-refractivity contribution in [3.8, 4) is 0 Å². The van der Waals surface area contributed by atoms with Crippen molar-refractivity contribution in [1.82, 2.24) is 4.90 Å². The fourth-order valence-electron chi connectivity index (χ4n) is 2.65. The molecule has 1 aromatic rings. The van der Waals surface area contributed by atoms with Crippen molar-refractivity contribution >= 4 is 17.6 Å². The third-order valence-corrected chi connectivity index (χ3v) is 4.15. The van der Waals surface area contributed by atoms with Crippen LogP contribution in [0.1, 0.15) is 39.2 Å². The number of hydrogen-bond acceptors (Lipinski definition) is 2. The molecule has 126 valence electrons. The molecule has 0 saturated carbocycles. The van der Waals surface area contributed by atoms with E-state index in [4.69, 9.17) is 5.73 Å². The van der Waals surface area contributed by atoms with E-state index in [-0.39, 0.29) is 11.8 Å². The van der Waals surface area contributed by atoms with E-state index in [0.717, 1.165) is 24.3 Å². The van der Waals surface area contributed by atoms with Crippen LogP contribution in [-0.2, 0) is 11.3 Å². The van der Waals surface area contributed by atoms with E-state index in [2.05, 4.69) is 22.1 Å². The molecular formula is C18H28N4O. The molecule has 23 heavy (non-hydrogen) atoms. The van der Waals surface area contributed by atoms with Crippen molar-refractivity contribution in [1.29, 1.82) is 0 Å². The highest BCUT2D eigenvalue weighted by atomic mass is 16.1. The fraction of sp³-hybridized carbons (Fsp3) is 0.556. The van der Waals surface area contributed by atoms with E-state index >= 15 is 0 Å². The lowest BCUT2D eigenvalue weighted by Gasteiger charge is -2.31. The molecule has 3 N–H and O–H groups in total. The van der Waals surface area contributed by atoms with E-state index in [1.807, 2.05) is 38.1 Å².